The Labute approximate surface area is 414 Å². The molecule has 2 aliphatic rings. The summed E-state index contributed by atoms with van der Waals surface area (Å²) < 4.78 is 4.40. The SMILES string of the molecule is CN[C@@H](C)C(=O)NC(C(=O)N1CCC[C@H]1Cc1c(-c2ccc(-c3c(C[C@@H]4CCCN4C(=O)[C@@H](NC(=O)[C@H](C)NC)C(C)(C)C)c4ccccc4n3CCO)cc2)n(CCO)c2ccccc12)C(C)(C)C. The van der Waals surface area contributed by atoms with Gasteiger partial charge in [-0.2, -0.15) is 0 Å². The number of hydrogen-bond donors (Lipinski definition) is 6. The fraction of sp³-hybridized carbons (Fsp3) is 0.536. The van der Waals surface area contributed by atoms with E-state index >= 15 is 0 Å². The third-order valence-electron chi connectivity index (χ3n) is 14.9. The van der Waals surface area contributed by atoms with E-state index in [9.17, 15) is 29.4 Å². The largest absolute Gasteiger partial charge is 0.395 e. The molecule has 6 N–H and O–H groups in total. The van der Waals surface area contributed by atoms with E-state index in [1.54, 1.807) is 27.9 Å². The van der Waals surface area contributed by atoms with Crippen LogP contribution in [-0.4, -0.2) is 129 Å². The number of amides is 4. The predicted molar refractivity (Wildman–Crippen MR) is 279 cm³/mol. The van der Waals surface area contributed by atoms with Gasteiger partial charge in [0.15, 0.2) is 0 Å². The molecule has 4 heterocycles. The number of aliphatic hydroxyl groups excluding tert-OH is 2. The molecule has 0 saturated carbocycles. The summed E-state index contributed by atoms with van der Waals surface area (Å²) in [6.07, 6.45) is 4.55. The van der Waals surface area contributed by atoms with Crippen LogP contribution >= 0.6 is 0 Å². The van der Waals surface area contributed by atoms with Gasteiger partial charge in [-0.05, 0) is 112 Å². The standard InChI is InChI=1S/C56H78N8O6/c1-35(57-9)51(67)59-49(55(3,4)5)53(69)61-27-15-17-39(61)33-43-41-19-11-13-21-45(41)63(29-31-65)47(43)37-23-25-38(26-24-37)48-44(42-20-12-14-22-46(42)64(48)30-32-66)34-40-18-16-28-62(40)54(70)50(56(6,7)8)60-52(68)36(2)58-10/h11-14,19-26,35-36,39-40,49-50,57-58,65-66H,15-18,27-34H2,1-10H3,(H,59,67)(H,60,68)/t35-,36-,39-,40-,49+,50?/m0/s1. The van der Waals surface area contributed by atoms with Crippen molar-refractivity contribution in [2.24, 2.45) is 10.8 Å². The first-order valence-electron chi connectivity index (χ1n) is 25.4. The lowest BCUT2D eigenvalue weighted by Gasteiger charge is -2.36. The van der Waals surface area contributed by atoms with Crippen LogP contribution in [0.3, 0.4) is 0 Å². The van der Waals surface area contributed by atoms with Crippen molar-refractivity contribution < 1.29 is 29.4 Å². The van der Waals surface area contributed by atoms with Gasteiger partial charge in [-0.3, -0.25) is 19.2 Å². The molecule has 1 unspecified atom stereocenters. The number of hydrogen-bond acceptors (Lipinski definition) is 8. The first-order chi connectivity index (χ1) is 33.3. The number of nitrogens with zero attached hydrogens (tertiary/aromatic N) is 4. The number of para-hydroxylation sites is 2. The highest BCUT2D eigenvalue weighted by atomic mass is 16.3. The number of carbonyl (C=O) groups is 4. The maximum Gasteiger partial charge on any atom is 0.245 e. The summed E-state index contributed by atoms with van der Waals surface area (Å²) in [6, 6.07) is 22.6. The lowest BCUT2D eigenvalue weighted by molar-refractivity contribution is -0.140. The van der Waals surface area contributed by atoms with Crippen LogP contribution in [0.5, 0.6) is 0 Å². The van der Waals surface area contributed by atoms with Gasteiger partial charge < -0.3 is 50.4 Å². The molecule has 0 spiro atoms. The van der Waals surface area contributed by atoms with Crippen molar-refractivity contribution >= 4 is 45.4 Å². The molecule has 0 radical (unpaired) electrons. The van der Waals surface area contributed by atoms with Crippen LogP contribution in [0, 0.1) is 10.8 Å². The van der Waals surface area contributed by atoms with E-state index in [1.807, 2.05) is 75.6 Å². The molecule has 4 amide bonds. The molecule has 70 heavy (non-hydrogen) atoms. The zero-order chi connectivity index (χ0) is 50.7. The van der Waals surface area contributed by atoms with Gasteiger partial charge in [0.05, 0.1) is 36.7 Å². The third-order valence-corrected chi connectivity index (χ3v) is 14.9. The van der Waals surface area contributed by atoms with Crippen LogP contribution < -0.4 is 21.3 Å². The Morgan fingerprint density at radius 3 is 1.27 bits per heavy atom. The molecule has 3 aromatic carbocycles. The number of rotatable bonds is 18. The average Bonchev–Trinajstić information content (AvgIpc) is 4.14. The summed E-state index contributed by atoms with van der Waals surface area (Å²) >= 11 is 0. The maximum atomic E-state index is 14.6. The number of aliphatic hydroxyl groups is 2. The Morgan fingerprint density at radius 2 is 0.943 bits per heavy atom. The number of likely N-dealkylation sites (N-methyl/N-ethyl adjacent to an activating group) is 2. The molecule has 0 aliphatic carbocycles. The van der Waals surface area contributed by atoms with Crippen LogP contribution in [0.2, 0.25) is 0 Å². The van der Waals surface area contributed by atoms with Crippen LogP contribution in [0.15, 0.2) is 72.8 Å². The van der Waals surface area contributed by atoms with Crippen LogP contribution in [0.4, 0.5) is 0 Å². The van der Waals surface area contributed by atoms with E-state index in [0.29, 0.717) is 39.0 Å². The Hall–Kier alpha value is -5.54. The van der Waals surface area contributed by atoms with E-state index in [4.69, 9.17) is 0 Å². The van der Waals surface area contributed by atoms with E-state index in [0.717, 1.165) is 81.1 Å². The lowest BCUT2D eigenvalue weighted by Crippen LogP contribution is -2.58. The molecular weight excluding hydrogens is 881 g/mol. The smallest absolute Gasteiger partial charge is 0.245 e. The van der Waals surface area contributed by atoms with E-state index in [2.05, 4.69) is 78.9 Å². The molecule has 5 aromatic rings. The molecule has 0 bridgehead atoms. The second kappa shape index (κ2) is 21.8. The minimum atomic E-state index is -0.706. The van der Waals surface area contributed by atoms with Crippen molar-refractivity contribution in [2.45, 2.75) is 143 Å². The summed E-state index contributed by atoms with van der Waals surface area (Å²) in [5.41, 5.74) is 7.11. The topological polar surface area (TPSA) is 173 Å². The van der Waals surface area contributed by atoms with Crippen molar-refractivity contribution in [3.63, 3.8) is 0 Å². The van der Waals surface area contributed by atoms with Crippen molar-refractivity contribution in [1.82, 2.24) is 40.2 Å². The Bertz CT molecular complexity index is 2470. The van der Waals surface area contributed by atoms with Gasteiger partial charge in [0, 0.05) is 60.1 Å². The Balaban J connectivity index is 1.27. The molecule has 378 valence electrons. The van der Waals surface area contributed by atoms with E-state index < -0.39 is 35.0 Å². The number of fused-ring (bicyclic) bond motifs is 2. The summed E-state index contributed by atoms with van der Waals surface area (Å²) in [4.78, 5) is 59.5. The number of likely N-dealkylation sites (tertiary alicyclic amines) is 2. The highest BCUT2D eigenvalue weighted by Gasteiger charge is 2.42. The molecule has 2 aromatic heterocycles. The van der Waals surface area contributed by atoms with Crippen LogP contribution in [0.1, 0.15) is 92.2 Å². The van der Waals surface area contributed by atoms with Gasteiger partial charge >= 0.3 is 0 Å². The second-order valence-electron chi connectivity index (χ2n) is 21.7. The predicted octanol–water partition coefficient (Wildman–Crippen LogP) is 6.26. The Kier molecular flexibility index (Phi) is 16.3. The molecular formula is C56H78N8O6. The van der Waals surface area contributed by atoms with Gasteiger partial charge in [-0.15, -0.1) is 0 Å². The van der Waals surface area contributed by atoms with Crippen molar-refractivity contribution in [3.05, 3.63) is 83.9 Å². The minimum Gasteiger partial charge on any atom is -0.395 e. The second-order valence-corrected chi connectivity index (χ2v) is 21.7. The van der Waals surface area contributed by atoms with Crippen molar-refractivity contribution in [3.8, 4) is 22.5 Å². The molecule has 14 heteroatoms. The summed E-state index contributed by atoms with van der Waals surface area (Å²) in [6.45, 7) is 17.4. The van der Waals surface area contributed by atoms with Gasteiger partial charge in [-0.1, -0.05) is 102 Å². The quantitative estimate of drug-likeness (QED) is 0.0598. The normalized spacial score (nSPS) is 18.3. The zero-order valence-corrected chi connectivity index (χ0v) is 43.2. The lowest BCUT2D eigenvalue weighted by atomic mass is 9.85. The fourth-order valence-corrected chi connectivity index (χ4v) is 10.8. The number of benzene rings is 3. The summed E-state index contributed by atoms with van der Waals surface area (Å²) in [5, 5.41) is 35.3. The van der Waals surface area contributed by atoms with Crippen molar-refractivity contribution in [1.29, 1.82) is 0 Å². The van der Waals surface area contributed by atoms with Gasteiger partial charge in [0.1, 0.15) is 12.1 Å². The van der Waals surface area contributed by atoms with Gasteiger partial charge in [0.2, 0.25) is 23.6 Å². The molecule has 6 atom stereocenters. The summed E-state index contributed by atoms with van der Waals surface area (Å²) in [7, 11) is 3.47. The van der Waals surface area contributed by atoms with E-state index in [-0.39, 0.29) is 48.9 Å². The molecule has 7 rings (SSSR count). The van der Waals surface area contributed by atoms with Crippen LogP contribution in [0.25, 0.3) is 44.3 Å². The highest BCUT2D eigenvalue weighted by Crippen LogP contribution is 2.41. The summed E-state index contributed by atoms with van der Waals surface area (Å²) in [5.74, 6) is -0.572. The first-order valence-corrected chi connectivity index (χ1v) is 25.4. The average molecular weight is 959 g/mol. The number of aromatic nitrogens is 2. The Morgan fingerprint density at radius 1 is 0.586 bits per heavy atom. The molecule has 14 nitrogen and oxygen atoms in total. The monoisotopic (exact) mass is 959 g/mol. The molecule has 2 fully saturated rings. The molecule has 2 aliphatic heterocycles. The number of carbonyl (C=O) groups excluding carboxylic acids is 4. The van der Waals surface area contributed by atoms with Crippen molar-refractivity contribution in [2.75, 3.05) is 40.4 Å². The minimum absolute atomic E-state index is 0.0571. The van der Waals surface area contributed by atoms with E-state index in [1.165, 1.54) is 0 Å². The number of nitrogens with one attached hydrogen (secondary N) is 4. The maximum absolute atomic E-state index is 14.6. The third kappa shape index (κ3) is 10.7. The van der Waals surface area contributed by atoms with Gasteiger partial charge in [0.25, 0.3) is 0 Å². The zero-order valence-electron chi connectivity index (χ0n) is 43.2. The van der Waals surface area contributed by atoms with Gasteiger partial charge in [-0.25, -0.2) is 0 Å². The van der Waals surface area contributed by atoms with Crippen LogP contribution in [-0.2, 0) is 45.1 Å². The first kappa shape index (κ1) is 52.3. The highest BCUT2D eigenvalue weighted by molar-refractivity contribution is 5.95. The fourth-order valence-electron chi connectivity index (χ4n) is 10.8. The molecule has 2 saturated heterocycles.